The number of anilines is 1. The largest absolute Gasteiger partial charge is 0.326 e. The first-order valence-corrected chi connectivity index (χ1v) is 10.5. The zero-order chi connectivity index (χ0) is 24.4. The van der Waals surface area contributed by atoms with Gasteiger partial charge in [0, 0.05) is 41.1 Å². The highest BCUT2D eigenvalue weighted by molar-refractivity contribution is 6.08. The molecule has 2 N–H and O–H groups in total. The number of amides is 3. The van der Waals surface area contributed by atoms with E-state index in [0.717, 1.165) is 22.2 Å². The molecule has 4 rings (SSSR count). The van der Waals surface area contributed by atoms with E-state index in [1.54, 1.807) is 54.2 Å². The monoisotopic (exact) mass is 451 g/mol. The summed E-state index contributed by atoms with van der Waals surface area (Å²) in [6, 6.07) is 16.1. The van der Waals surface area contributed by atoms with Gasteiger partial charge in [0.05, 0.1) is 17.1 Å². The second-order valence-electron chi connectivity index (χ2n) is 7.94. The van der Waals surface area contributed by atoms with Crippen LogP contribution in [0.3, 0.4) is 0 Å². The Hall–Kier alpha value is -4.77. The lowest BCUT2D eigenvalue weighted by atomic mass is 9.99. The van der Waals surface area contributed by atoms with E-state index in [1.165, 1.54) is 12.1 Å². The highest BCUT2D eigenvalue weighted by atomic mass is 16.2. The molecule has 168 valence electrons. The molecule has 4 aromatic rings. The predicted octanol–water partition coefficient (Wildman–Crippen LogP) is 4.05. The number of aromatic nitrogens is 2. The molecule has 0 radical (unpaired) electrons. The molecular formula is C26H21N5O3. The number of rotatable bonds is 3. The molecular weight excluding hydrogens is 430 g/mol. The predicted molar refractivity (Wildman–Crippen MR) is 130 cm³/mol. The van der Waals surface area contributed by atoms with Crippen molar-refractivity contribution < 1.29 is 9.59 Å². The van der Waals surface area contributed by atoms with Crippen LogP contribution >= 0.6 is 0 Å². The van der Waals surface area contributed by atoms with E-state index in [2.05, 4.69) is 15.6 Å². The van der Waals surface area contributed by atoms with Gasteiger partial charge in [-0.3, -0.25) is 19.9 Å². The second kappa shape index (κ2) is 9.00. The summed E-state index contributed by atoms with van der Waals surface area (Å²) in [5, 5.41) is 14.7. The van der Waals surface area contributed by atoms with E-state index < -0.39 is 11.9 Å². The van der Waals surface area contributed by atoms with Crippen molar-refractivity contribution in [1.29, 1.82) is 5.26 Å². The maximum Gasteiger partial charge on any atom is 0.326 e. The molecule has 0 saturated heterocycles. The van der Waals surface area contributed by atoms with Gasteiger partial charge in [-0.2, -0.15) is 5.26 Å². The van der Waals surface area contributed by atoms with Crippen LogP contribution in [0.1, 0.15) is 27.2 Å². The molecule has 0 unspecified atom stereocenters. The maximum atomic E-state index is 13.1. The zero-order valence-electron chi connectivity index (χ0n) is 18.8. The Bertz CT molecular complexity index is 1560. The summed E-state index contributed by atoms with van der Waals surface area (Å²) in [6.07, 6.45) is 1.73. The number of nitrogens with zero attached hydrogens (tertiary/aromatic N) is 3. The lowest BCUT2D eigenvalue weighted by Gasteiger charge is -2.13. The first kappa shape index (κ1) is 22.4. The number of aryl methyl sites for hydroxylation is 3. The lowest BCUT2D eigenvalue weighted by molar-refractivity contribution is 0.0967. The summed E-state index contributed by atoms with van der Waals surface area (Å²) in [5.41, 5.74) is 4.36. The number of benzene rings is 2. The zero-order valence-corrected chi connectivity index (χ0v) is 18.8. The third-order valence-corrected chi connectivity index (χ3v) is 5.51. The number of fused-ring (bicyclic) bond motifs is 1. The molecule has 0 aliphatic rings. The molecule has 0 aliphatic heterocycles. The second-order valence-corrected chi connectivity index (χ2v) is 7.94. The van der Waals surface area contributed by atoms with Crippen molar-refractivity contribution in [2.75, 3.05) is 5.32 Å². The summed E-state index contributed by atoms with van der Waals surface area (Å²) in [4.78, 5) is 42.2. The van der Waals surface area contributed by atoms with Crippen molar-refractivity contribution in [3.8, 4) is 17.2 Å². The minimum atomic E-state index is -0.728. The number of carbonyl (C=O) groups excluding carboxylic acids is 2. The highest BCUT2D eigenvalue weighted by Crippen LogP contribution is 2.27. The number of carbonyl (C=O) groups is 2. The lowest BCUT2D eigenvalue weighted by Crippen LogP contribution is -2.34. The first-order chi connectivity index (χ1) is 16.3. The van der Waals surface area contributed by atoms with Crippen LogP contribution in [0.4, 0.5) is 10.5 Å². The van der Waals surface area contributed by atoms with E-state index in [4.69, 9.17) is 5.26 Å². The molecule has 2 aromatic carbocycles. The van der Waals surface area contributed by atoms with E-state index in [-0.39, 0.29) is 11.1 Å². The van der Waals surface area contributed by atoms with Crippen LogP contribution in [0.25, 0.3) is 22.0 Å². The summed E-state index contributed by atoms with van der Waals surface area (Å²) in [7, 11) is 1.71. The van der Waals surface area contributed by atoms with Crippen LogP contribution in [0, 0.1) is 25.2 Å². The molecule has 8 heteroatoms. The molecule has 3 amide bonds. The van der Waals surface area contributed by atoms with Crippen LogP contribution in [0.15, 0.2) is 65.6 Å². The Morgan fingerprint density at radius 1 is 1.03 bits per heavy atom. The van der Waals surface area contributed by atoms with Crippen molar-refractivity contribution in [3.05, 3.63) is 93.5 Å². The number of pyridine rings is 2. The summed E-state index contributed by atoms with van der Waals surface area (Å²) in [5.74, 6) is -0.631. The fourth-order valence-electron chi connectivity index (χ4n) is 3.72. The van der Waals surface area contributed by atoms with Gasteiger partial charge >= 0.3 is 6.03 Å². The van der Waals surface area contributed by atoms with Gasteiger partial charge in [0.2, 0.25) is 0 Å². The van der Waals surface area contributed by atoms with Crippen molar-refractivity contribution in [3.63, 3.8) is 0 Å². The topological polar surface area (TPSA) is 117 Å². The van der Waals surface area contributed by atoms with Gasteiger partial charge in [0.25, 0.3) is 11.5 Å². The van der Waals surface area contributed by atoms with Crippen molar-refractivity contribution in [2.24, 2.45) is 7.05 Å². The summed E-state index contributed by atoms with van der Waals surface area (Å²) >= 11 is 0. The Labute approximate surface area is 195 Å². The SMILES string of the molecule is Cc1cc2c(cn1)cc(-c1cc(NC(=O)NC(=O)c3cccc(C#N)c3)ccc1C)c(=O)n2C. The van der Waals surface area contributed by atoms with Crippen LogP contribution in [0.2, 0.25) is 0 Å². The molecule has 0 saturated carbocycles. The van der Waals surface area contributed by atoms with E-state index >= 15 is 0 Å². The number of urea groups is 1. The fourth-order valence-corrected chi connectivity index (χ4v) is 3.72. The maximum absolute atomic E-state index is 13.1. The normalized spacial score (nSPS) is 10.5. The van der Waals surface area contributed by atoms with Gasteiger partial charge in [-0.25, -0.2) is 4.79 Å². The smallest absolute Gasteiger partial charge is 0.311 e. The van der Waals surface area contributed by atoms with E-state index in [9.17, 15) is 14.4 Å². The molecule has 2 heterocycles. The highest BCUT2D eigenvalue weighted by Gasteiger charge is 2.15. The Morgan fingerprint density at radius 2 is 1.82 bits per heavy atom. The average molecular weight is 451 g/mol. The summed E-state index contributed by atoms with van der Waals surface area (Å²) in [6.45, 7) is 3.75. The number of imide groups is 1. The van der Waals surface area contributed by atoms with E-state index in [0.29, 0.717) is 22.4 Å². The van der Waals surface area contributed by atoms with Crippen molar-refractivity contribution in [2.45, 2.75) is 13.8 Å². The fraction of sp³-hybridized carbons (Fsp3) is 0.115. The number of nitriles is 1. The molecule has 0 atom stereocenters. The van der Waals surface area contributed by atoms with Gasteiger partial charge in [0.15, 0.2) is 0 Å². The molecule has 0 bridgehead atoms. The molecule has 0 spiro atoms. The molecule has 8 nitrogen and oxygen atoms in total. The molecule has 34 heavy (non-hydrogen) atoms. The quantitative estimate of drug-likeness (QED) is 0.487. The first-order valence-electron chi connectivity index (χ1n) is 10.5. The Morgan fingerprint density at radius 3 is 2.59 bits per heavy atom. The van der Waals surface area contributed by atoms with Crippen LogP contribution in [-0.4, -0.2) is 21.5 Å². The third kappa shape index (κ3) is 4.40. The van der Waals surface area contributed by atoms with Crippen LogP contribution < -0.4 is 16.2 Å². The Kier molecular flexibility index (Phi) is 5.94. The number of nitrogens with one attached hydrogen (secondary N) is 2. The molecule has 0 fully saturated rings. The third-order valence-electron chi connectivity index (χ3n) is 5.51. The van der Waals surface area contributed by atoms with Gasteiger partial charge in [-0.15, -0.1) is 0 Å². The summed E-state index contributed by atoms with van der Waals surface area (Å²) < 4.78 is 1.58. The average Bonchev–Trinajstić information content (AvgIpc) is 2.83. The number of hydrogen-bond donors (Lipinski definition) is 2. The van der Waals surface area contributed by atoms with Gasteiger partial charge in [-0.05, 0) is 67.4 Å². The number of hydrogen-bond acceptors (Lipinski definition) is 5. The van der Waals surface area contributed by atoms with Crippen LogP contribution in [-0.2, 0) is 7.05 Å². The van der Waals surface area contributed by atoms with Gasteiger partial charge in [-0.1, -0.05) is 12.1 Å². The van der Waals surface area contributed by atoms with Gasteiger partial charge in [0.1, 0.15) is 0 Å². The van der Waals surface area contributed by atoms with Crippen molar-refractivity contribution >= 4 is 28.5 Å². The molecule has 0 aliphatic carbocycles. The Balaban J connectivity index is 1.62. The minimum Gasteiger partial charge on any atom is -0.311 e. The minimum absolute atomic E-state index is 0.171. The van der Waals surface area contributed by atoms with Crippen molar-refractivity contribution in [1.82, 2.24) is 14.9 Å². The van der Waals surface area contributed by atoms with Gasteiger partial charge < -0.3 is 9.88 Å². The molecule has 2 aromatic heterocycles. The standard InChI is InChI=1S/C26H21N5O3/c1-15-7-8-20(29-26(34)30-24(32)18-6-4-5-17(10-18)13-27)12-21(15)22-11-19-14-28-16(2)9-23(19)31(3)25(22)33/h4-12,14H,1-3H3,(H2,29,30,32,34). The van der Waals surface area contributed by atoms with Crippen LogP contribution in [0.5, 0.6) is 0 Å². The van der Waals surface area contributed by atoms with E-state index in [1.807, 2.05) is 26.0 Å².